The molecule has 27 heavy (non-hydrogen) atoms. The van der Waals surface area contributed by atoms with Gasteiger partial charge in [-0.2, -0.15) is 0 Å². The van der Waals surface area contributed by atoms with E-state index in [1.54, 1.807) is 19.2 Å². The van der Waals surface area contributed by atoms with Gasteiger partial charge < -0.3 is 16.0 Å². The largest absolute Gasteiger partial charge is 0.356 e. The molecule has 0 fully saturated rings. The number of guanidine groups is 1. The molecule has 0 aliphatic rings. The fourth-order valence-electron chi connectivity index (χ4n) is 2.59. The fraction of sp³-hybridized carbons (Fsp3) is 0.333. The smallest absolute Gasteiger partial charge is 0.224 e. The van der Waals surface area contributed by atoms with Gasteiger partial charge in [0.05, 0.1) is 0 Å². The Morgan fingerprint density at radius 2 is 1.85 bits per heavy atom. The summed E-state index contributed by atoms with van der Waals surface area (Å²) in [6.45, 7) is 3.26. The van der Waals surface area contributed by atoms with E-state index in [4.69, 9.17) is 0 Å². The second-order valence-electron chi connectivity index (χ2n) is 6.23. The Morgan fingerprint density at radius 1 is 1.07 bits per heavy atom. The maximum absolute atomic E-state index is 12.9. The van der Waals surface area contributed by atoms with Crippen LogP contribution in [0.4, 0.5) is 10.1 Å². The van der Waals surface area contributed by atoms with Crippen LogP contribution in [0.25, 0.3) is 0 Å². The number of benzene rings is 2. The van der Waals surface area contributed by atoms with E-state index in [1.165, 1.54) is 12.1 Å². The number of amides is 1. The zero-order chi connectivity index (χ0) is 19.5. The summed E-state index contributed by atoms with van der Waals surface area (Å²) in [5.41, 5.74) is 2.91. The summed E-state index contributed by atoms with van der Waals surface area (Å²) >= 11 is 0. The van der Waals surface area contributed by atoms with Crippen LogP contribution in [0.3, 0.4) is 0 Å². The van der Waals surface area contributed by atoms with Gasteiger partial charge in [-0.25, -0.2) is 4.39 Å². The van der Waals surface area contributed by atoms with E-state index in [9.17, 15) is 9.18 Å². The highest BCUT2D eigenvalue weighted by Crippen LogP contribution is 2.11. The van der Waals surface area contributed by atoms with Gasteiger partial charge in [0.1, 0.15) is 5.82 Å². The molecule has 2 aromatic carbocycles. The third kappa shape index (κ3) is 7.48. The SMILES string of the molecule is CCCC(=O)Nc1cccc(CNC(=NC)NCCc2ccc(F)cc2)c1. The van der Waals surface area contributed by atoms with E-state index in [2.05, 4.69) is 20.9 Å². The monoisotopic (exact) mass is 370 g/mol. The average molecular weight is 370 g/mol. The topological polar surface area (TPSA) is 65.5 Å². The second-order valence-corrected chi connectivity index (χ2v) is 6.23. The van der Waals surface area contributed by atoms with Crippen LogP contribution in [0.1, 0.15) is 30.9 Å². The number of rotatable bonds is 8. The third-order valence-electron chi connectivity index (χ3n) is 3.99. The first kappa shape index (κ1) is 20.4. The lowest BCUT2D eigenvalue weighted by molar-refractivity contribution is -0.116. The predicted octanol–water partition coefficient (Wildman–Crippen LogP) is 3.47. The summed E-state index contributed by atoms with van der Waals surface area (Å²) in [7, 11) is 1.72. The quantitative estimate of drug-likeness (QED) is 0.492. The van der Waals surface area contributed by atoms with Crippen LogP contribution < -0.4 is 16.0 Å². The van der Waals surface area contributed by atoms with Crippen LogP contribution in [0, 0.1) is 5.82 Å². The van der Waals surface area contributed by atoms with Gasteiger partial charge >= 0.3 is 0 Å². The number of hydrogen-bond acceptors (Lipinski definition) is 2. The Morgan fingerprint density at radius 3 is 2.56 bits per heavy atom. The molecule has 3 N–H and O–H groups in total. The maximum Gasteiger partial charge on any atom is 0.224 e. The molecule has 0 radical (unpaired) electrons. The number of halogens is 1. The minimum absolute atomic E-state index is 0.0286. The van der Waals surface area contributed by atoms with Crippen LogP contribution >= 0.6 is 0 Å². The van der Waals surface area contributed by atoms with Gasteiger partial charge in [-0.15, -0.1) is 0 Å². The molecular weight excluding hydrogens is 343 g/mol. The molecule has 2 rings (SSSR count). The van der Waals surface area contributed by atoms with Gasteiger partial charge in [0.15, 0.2) is 5.96 Å². The lowest BCUT2D eigenvalue weighted by Gasteiger charge is -2.13. The van der Waals surface area contributed by atoms with Gasteiger partial charge in [-0.3, -0.25) is 9.79 Å². The summed E-state index contributed by atoms with van der Waals surface area (Å²) in [5.74, 6) is 0.496. The molecule has 0 bridgehead atoms. The summed E-state index contributed by atoms with van der Waals surface area (Å²) in [4.78, 5) is 15.9. The Balaban J connectivity index is 1.79. The van der Waals surface area contributed by atoms with Crippen molar-refractivity contribution < 1.29 is 9.18 Å². The minimum Gasteiger partial charge on any atom is -0.356 e. The molecule has 5 nitrogen and oxygen atoms in total. The van der Waals surface area contributed by atoms with Crippen molar-refractivity contribution in [2.75, 3.05) is 18.9 Å². The molecule has 0 aliphatic carbocycles. The van der Waals surface area contributed by atoms with Crippen molar-refractivity contribution in [3.8, 4) is 0 Å². The molecule has 0 saturated carbocycles. The van der Waals surface area contributed by atoms with Crippen molar-refractivity contribution in [2.45, 2.75) is 32.7 Å². The zero-order valence-corrected chi connectivity index (χ0v) is 15.9. The number of nitrogens with one attached hydrogen (secondary N) is 3. The Labute approximate surface area is 160 Å². The first-order chi connectivity index (χ1) is 13.1. The first-order valence-electron chi connectivity index (χ1n) is 9.18. The van der Waals surface area contributed by atoms with Gasteiger partial charge in [0, 0.05) is 32.2 Å². The van der Waals surface area contributed by atoms with Crippen molar-refractivity contribution >= 4 is 17.6 Å². The predicted molar refractivity (Wildman–Crippen MR) is 108 cm³/mol. The van der Waals surface area contributed by atoms with Crippen LogP contribution in [0.2, 0.25) is 0 Å². The highest BCUT2D eigenvalue weighted by molar-refractivity contribution is 5.90. The molecule has 144 valence electrons. The molecule has 0 spiro atoms. The van der Waals surface area contributed by atoms with E-state index >= 15 is 0 Å². The number of anilines is 1. The first-order valence-corrected chi connectivity index (χ1v) is 9.18. The lowest BCUT2D eigenvalue weighted by Crippen LogP contribution is -2.37. The standard InChI is InChI=1S/C21H27FN4O/c1-3-5-20(27)26-19-7-4-6-17(14-19)15-25-21(23-2)24-13-12-16-8-10-18(22)11-9-16/h4,6-11,14H,3,5,12-13,15H2,1-2H3,(H,26,27)(H2,23,24,25). The van der Waals surface area contributed by atoms with Crippen LogP contribution in [-0.2, 0) is 17.8 Å². The number of aliphatic imine (C=N–C) groups is 1. The van der Waals surface area contributed by atoms with Gasteiger partial charge in [-0.1, -0.05) is 31.2 Å². The fourth-order valence-corrected chi connectivity index (χ4v) is 2.59. The van der Waals surface area contributed by atoms with Crippen molar-refractivity contribution in [2.24, 2.45) is 4.99 Å². The van der Waals surface area contributed by atoms with E-state index in [0.717, 1.165) is 29.7 Å². The molecule has 6 heteroatoms. The molecular formula is C21H27FN4O. The highest BCUT2D eigenvalue weighted by Gasteiger charge is 2.03. The number of hydrogen-bond donors (Lipinski definition) is 3. The summed E-state index contributed by atoms with van der Waals surface area (Å²) in [6.07, 6.45) is 2.13. The molecule has 0 aromatic heterocycles. The van der Waals surface area contributed by atoms with Crippen LogP contribution in [-0.4, -0.2) is 25.5 Å². The molecule has 0 saturated heterocycles. The normalized spacial score (nSPS) is 11.1. The van der Waals surface area contributed by atoms with Gasteiger partial charge in [-0.05, 0) is 48.2 Å². The molecule has 0 heterocycles. The highest BCUT2D eigenvalue weighted by atomic mass is 19.1. The lowest BCUT2D eigenvalue weighted by atomic mass is 10.1. The van der Waals surface area contributed by atoms with Gasteiger partial charge in [0.25, 0.3) is 0 Å². The number of carbonyl (C=O) groups is 1. The Bertz CT molecular complexity index is 759. The summed E-state index contributed by atoms with van der Waals surface area (Å²) in [5, 5.41) is 9.40. The van der Waals surface area contributed by atoms with Crippen LogP contribution in [0.15, 0.2) is 53.5 Å². The van der Waals surface area contributed by atoms with E-state index in [1.807, 2.05) is 31.2 Å². The zero-order valence-electron chi connectivity index (χ0n) is 15.9. The average Bonchev–Trinajstić information content (AvgIpc) is 2.66. The maximum atomic E-state index is 12.9. The second kappa shape index (κ2) is 11.0. The molecule has 0 aliphatic heterocycles. The van der Waals surface area contributed by atoms with Crippen molar-refractivity contribution in [3.63, 3.8) is 0 Å². The molecule has 1 amide bonds. The van der Waals surface area contributed by atoms with E-state index in [0.29, 0.717) is 25.5 Å². The summed E-state index contributed by atoms with van der Waals surface area (Å²) in [6, 6.07) is 14.2. The Hall–Kier alpha value is -2.89. The Kier molecular flexibility index (Phi) is 8.29. The number of carbonyl (C=O) groups excluding carboxylic acids is 1. The van der Waals surface area contributed by atoms with Crippen molar-refractivity contribution in [1.82, 2.24) is 10.6 Å². The van der Waals surface area contributed by atoms with Crippen molar-refractivity contribution in [1.29, 1.82) is 0 Å². The van der Waals surface area contributed by atoms with E-state index in [-0.39, 0.29) is 11.7 Å². The molecule has 2 aromatic rings. The molecule has 0 atom stereocenters. The molecule has 0 unspecified atom stereocenters. The van der Waals surface area contributed by atoms with Gasteiger partial charge in [0.2, 0.25) is 5.91 Å². The van der Waals surface area contributed by atoms with Crippen LogP contribution in [0.5, 0.6) is 0 Å². The number of nitrogens with zero attached hydrogens (tertiary/aromatic N) is 1. The third-order valence-corrected chi connectivity index (χ3v) is 3.99. The van der Waals surface area contributed by atoms with Crippen molar-refractivity contribution in [3.05, 3.63) is 65.5 Å². The minimum atomic E-state index is -0.225. The van der Waals surface area contributed by atoms with E-state index < -0.39 is 0 Å². The summed E-state index contributed by atoms with van der Waals surface area (Å²) < 4.78 is 12.9.